The minimum atomic E-state index is -0.302. The number of nitrogens with one attached hydrogen (secondary N) is 1. The number of benzene rings is 2. The third-order valence-corrected chi connectivity index (χ3v) is 6.41. The molecule has 7 heteroatoms. The number of amides is 1. The van der Waals surface area contributed by atoms with Crippen LogP contribution in [0.25, 0.3) is 5.69 Å². The molecule has 2 aromatic carbocycles. The van der Waals surface area contributed by atoms with Crippen molar-refractivity contribution < 1.29 is 9.18 Å². The summed E-state index contributed by atoms with van der Waals surface area (Å²) in [6.45, 7) is 0. The number of aromatic nitrogens is 2. The number of hydrogen-bond acceptors (Lipinski definition) is 4. The number of rotatable bonds is 5. The largest absolute Gasteiger partial charge is 0.348 e. The highest BCUT2D eigenvalue weighted by Crippen LogP contribution is 2.35. The summed E-state index contributed by atoms with van der Waals surface area (Å²) in [5.41, 5.74) is 1.88. The van der Waals surface area contributed by atoms with E-state index in [1.54, 1.807) is 23.0 Å². The molecule has 0 spiro atoms. The highest BCUT2D eigenvalue weighted by Gasteiger charge is 2.22. The first-order valence-electron chi connectivity index (χ1n) is 8.64. The predicted molar refractivity (Wildman–Crippen MR) is 107 cm³/mol. The fraction of sp³-hybridized carbons (Fsp3) is 0.200. The first-order chi connectivity index (χ1) is 13.2. The minimum absolute atomic E-state index is 0.0273. The summed E-state index contributed by atoms with van der Waals surface area (Å²) < 4.78 is 15.3. The summed E-state index contributed by atoms with van der Waals surface area (Å²) in [4.78, 5) is 18.0. The Labute approximate surface area is 165 Å². The third-order valence-electron chi connectivity index (χ3n) is 4.32. The lowest BCUT2D eigenvalue weighted by Crippen LogP contribution is -2.31. The minimum Gasteiger partial charge on any atom is -0.348 e. The third kappa shape index (κ3) is 4.20. The van der Waals surface area contributed by atoms with Crippen LogP contribution in [0.1, 0.15) is 18.0 Å². The fourth-order valence-electron chi connectivity index (χ4n) is 3.08. The molecule has 1 atom stereocenters. The molecule has 1 amide bonds. The Balaban J connectivity index is 1.41. The molecular weight excluding hydrogens is 381 g/mol. The Hall–Kier alpha value is -2.25. The summed E-state index contributed by atoms with van der Waals surface area (Å²) in [5, 5.41) is 3.80. The number of thioether (sulfide) groups is 2. The van der Waals surface area contributed by atoms with Gasteiger partial charge in [-0.2, -0.15) is 0 Å². The van der Waals surface area contributed by atoms with Crippen LogP contribution in [0.4, 0.5) is 4.39 Å². The zero-order valence-electron chi connectivity index (χ0n) is 14.5. The number of fused-ring (bicyclic) bond motifs is 1. The summed E-state index contributed by atoms with van der Waals surface area (Å²) in [7, 11) is 0. The Bertz CT molecular complexity index is 960. The van der Waals surface area contributed by atoms with Gasteiger partial charge in [-0.25, -0.2) is 9.37 Å². The van der Waals surface area contributed by atoms with Crippen LogP contribution in [0.15, 0.2) is 71.0 Å². The van der Waals surface area contributed by atoms with Gasteiger partial charge in [-0.3, -0.25) is 9.36 Å². The van der Waals surface area contributed by atoms with Gasteiger partial charge < -0.3 is 5.32 Å². The number of imidazole rings is 1. The number of carbonyl (C=O) groups is 1. The molecular formula is C20H18FN3OS2. The molecule has 1 N–H and O–H groups in total. The molecule has 27 heavy (non-hydrogen) atoms. The predicted octanol–water partition coefficient (Wildman–Crippen LogP) is 4.46. The van der Waals surface area contributed by atoms with Gasteiger partial charge in [-0.05, 0) is 36.2 Å². The maximum Gasteiger partial charge on any atom is 0.230 e. The zero-order valence-corrected chi connectivity index (χ0v) is 16.1. The number of carbonyl (C=O) groups excluding carboxylic acids is 1. The average Bonchev–Trinajstić information content (AvgIpc) is 3.15. The van der Waals surface area contributed by atoms with Crippen LogP contribution < -0.4 is 5.32 Å². The molecule has 1 aliphatic rings. The van der Waals surface area contributed by atoms with E-state index in [1.807, 2.05) is 30.0 Å². The van der Waals surface area contributed by atoms with Crippen LogP contribution in [0.3, 0.4) is 0 Å². The molecule has 3 aromatic rings. The van der Waals surface area contributed by atoms with Gasteiger partial charge in [0.1, 0.15) is 5.82 Å². The second-order valence-electron chi connectivity index (χ2n) is 6.14. The molecule has 0 aliphatic carbocycles. The van der Waals surface area contributed by atoms with E-state index in [1.165, 1.54) is 34.4 Å². The highest BCUT2D eigenvalue weighted by atomic mass is 32.2. The van der Waals surface area contributed by atoms with Crippen molar-refractivity contribution in [3.05, 3.63) is 72.3 Å². The van der Waals surface area contributed by atoms with Crippen molar-refractivity contribution in [1.29, 1.82) is 0 Å². The average molecular weight is 400 g/mol. The van der Waals surface area contributed by atoms with Crippen molar-refractivity contribution in [2.75, 3.05) is 11.5 Å². The molecule has 0 fully saturated rings. The molecule has 2 heterocycles. The first kappa shape index (κ1) is 18.1. The molecule has 0 saturated carbocycles. The van der Waals surface area contributed by atoms with Crippen molar-refractivity contribution in [3.8, 4) is 5.69 Å². The Morgan fingerprint density at radius 1 is 1.30 bits per heavy atom. The fourth-order valence-corrected chi connectivity index (χ4v) is 4.99. The van der Waals surface area contributed by atoms with Crippen LogP contribution in [0.2, 0.25) is 0 Å². The van der Waals surface area contributed by atoms with E-state index in [-0.39, 0.29) is 23.5 Å². The van der Waals surface area contributed by atoms with Crippen molar-refractivity contribution in [3.63, 3.8) is 0 Å². The Morgan fingerprint density at radius 2 is 2.19 bits per heavy atom. The lowest BCUT2D eigenvalue weighted by atomic mass is 10.0. The lowest BCUT2D eigenvalue weighted by Gasteiger charge is -2.25. The molecule has 138 valence electrons. The summed E-state index contributed by atoms with van der Waals surface area (Å²) in [6, 6.07) is 14.6. The SMILES string of the molecule is O=C(CSc1nccn1-c1cccc(F)c1)NC1CCSc2ccccc21. The van der Waals surface area contributed by atoms with Crippen LogP contribution in [0, 0.1) is 5.82 Å². The summed E-state index contributed by atoms with van der Waals surface area (Å²) >= 11 is 3.18. The van der Waals surface area contributed by atoms with Gasteiger partial charge in [0.15, 0.2) is 5.16 Å². The smallest absolute Gasteiger partial charge is 0.230 e. The Kier molecular flexibility index (Phi) is 5.50. The monoisotopic (exact) mass is 399 g/mol. The number of nitrogens with zero attached hydrogens (tertiary/aromatic N) is 2. The van der Waals surface area contributed by atoms with Gasteiger partial charge in [-0.1, -0.05) is 36.0 Å². The quantitative estimate of drug-likeness (QED) is 0.644. The second-order valence-corrected chi connectivity index (χ2v) is 8.22. The van der Waals surface area contributed by atoms with Gasteiger partial charge in [-0.15, -0.1) is 11.8 Å². The van der Waals surface area contributed by atoms with Crippen molar-refractivity contribution in [1.82, 2.24) is 14.9 Å². The molecule has 4 nitrogen and oxygen atoms in total. The van der Waals surface area contributed by atoms with E-state index >= 15 is 0 Å². The first-order valence-corrected chi connectivity index (χ1v) is 10.6. The van der Waals surface area contributed by atoms with E-state index in [4.69, 9.17) is 0 Å². The molecule has 1 aliphatic heterocycles. The van der Waals surface area contributed by atoms with Crippen LogP contribution >= 0.6 is 23.5 Å². The van der Waals surface area contributed by atoms with Gasteiger partial charge in [0.25, 0.3) is 0 Å². The number of halogens is 1. The summed E-state index contributed by atoms with van der Waals surface area (Å²) in [6.07, 6.45) is 4.35. The normalized spacial score (nSPS) is 16.0. The molecule has 0 bridgehead atoms. The van der Waals surface area contributed by atoms with E-state index < -0.39 is 0 Å². The standard InChI is InChI=1S/C20H18FN3OS2/c21-14-4-3-5-15(12-14)24-10-9-22-20(24)27-13-19(25)23-17-8-11-26-18-7-2-1-6-16(17)18/h1-7,9-10,12,17H,8,11,13H2,(H,23,25). The van der Waals surface area contributed by atoms with Gasteiger partial charge >= 0.3 is 0 Å². The maximum atomic E-state index is 13.5. The van der Waals surface area contributed by atoms with E-state index in [9.17, 15) is 9.18 Å². The van der Waals surface area contributed by atoms with E-state index in [2.05, 4.69) is 22.4 Å². The van der Waals surface area contributed by atoms with E-state index in [0.717, 1.165) is 12.2 Å². The Morgan fingerprint density at radius 3 is 3.07 bits per heavy atom. The van der Waals surface area contributed by atoms with Crippen molar-refractivity contribution in [2.45, 2.75) is 22.5 Å². The topological polar surface area (TPSA) is 46.9 Å². The van der Waals surface area contributed by atoms with Gasteiger partial charge in [0, 0.05) is 23.0 Å². The second kappa shape index (κ2) is 8.19. The molecule has 1 aromatic heterocycles. The number of hydrogen-bond donors (Lipinski definition) is 1. The van der Waals surface area contributed by atoms with Crippen LogP contribution in [-0.4, -0.2) is 27.0 Å². The van der Waals surface area contributed by atoms with Crippen molar-refractivity contribution in [2.24, 2.45) is 0 Å². The van der Waals surface area contributed by atoms with Gasteiger partial charge in [0.05, 0.1) is 17.5 Å². The van der Waals surface area contributed by atoms with Crippen LogP contribution in [0.5, 0.6) is 0 Å². The lowest BCUT2D eigenvalue weighted by molar-refractivity contribution is -0.119. The van der Waals surface area contributed by atoms with Crippen molar-refractivity contribution >= 4 is 29.4 Å². The van der Waals surface area contributed by atoms with E-state index in [0.29, 0.717) is 10.8 Å². The molecule has 0 radical (unpaired) electrons. The zero-order chi connectivity index (χ0) is 18.6. The van der Waals surface area contributed by atoms with Crippen LogP contribution in [-0.2, 0) is 4.79 Å². The molecule has 0 saturated heterocycles. The molecule has 1 unspecified atom stereocenters. The maximum absolute atomic E-state index is 13.5. The van der Waals surface area contributed by atoms with Gasteiger partial charge in [0.2, 0.25) is 5.91 Å². The highest BCUT2D eigenvalue weighted by molar-refractivity contribution is 7.99. The molecule has 4 rings (SSSR count). The summed E-state index contributed by atoms with van der Waals surface area (Å²) in [5.74, 6) is 0.932.